The molecule has 1 amide bonds. The molecule has 2 aromatic rings. The first-order chi connectivity index (χ1) is 11.3. The number of aromatic amines is 1. The van der Waals surface area contributed by atoms with Gasteiger partial charge in [-0.3, -0.25) is 9.59 Å². The summed E-state index contributed by atoms with van der Waals surface area (Å²) < 4.78 is 0. The monoisotopic (exact) mass is 331 g/mol. The van der Waals surface area contributed by atoms with Crippen LogP contribution in [-0.2, 0) is 11.2 Å². The summed E-state index contributed by atoms with van der Waals surface area (Å²) in [4.78, 5) is 31.0. The smallest absolute Gasteiger partial charge is 0.258 e. The Kier molecular flexibility index (Phi) is 5.72. The van der Waals surface area contributed by atoms with Crippen molar-refractivity contribution in [3.05, 3.63) is 40.4 Å². The van der Waals surface area contributed by atoms with Gasteiger partial charge >= 0.3 is 0 Å². The highest BCUT2D eigenvalue weighted by Gasteiger charge is 2.22. The van der Waals surface area contributed by atoms with E-state index in [0.29, 0.717) is 36.0 Å². The minimum atomic E-state index is -0.583. The van der Waals surface area contributed by atoms with Crippen LogP contribution in [0.4, 0.5) is 0 Å². The van der Waals surface area contributed by atoms with E-state index in [1.807, 2.05) is 26.8 Å². The van der Waals surface area contributed by atoms with Crippen molar-refractivity contribution in [2.75, 3.05) is 6.54 Å². The van der Waals surface area contributed by atoms with Gasteiger partial charge in [-0.2, -0.15) is 0 Å². The molecule has 0 aliphatic rings. The van der Waals surface area contributed by atoms with E-state index < -0.39 is 6.10 Å². The van der Waals surface area contributed by atoms with Gasteiger partial charge in [0.2, 0.25) is 5.91 Å². The number of aryl methyl sites for hydroxylation is 1. The highest BCUT2D eigenvalue weighted by molar-refractivity contribution is 5.77. The molecule has 0 saturated carbocycles. The van der Waals surface area contributed by atoms with Crippen LogP contribution in [0.2, 0.25) is 0 Å². The molecule has 0 spiro atoms. The summed E-state index contributed by atoms with van der Waals surface area (Å²) in [6.45, 7) is 6.01. The molecule has 24 heavy (non-hydrogen) atoms. The Hall–Kier alpha value is -2.21. The number of hydrogen-bond donors (Lipinski definition) is 3. The Morgan fingerprint density at radius 1 is 1.33 bits per heavy atom. The van der Waals surface area contributed by atoms with Gasteiger partial charge in [0.05, 0.1) is 17.0 Å². The number of aromatic nitrogens is 2. The third-order valence-electron chi connectivity index (χ3n) is 3.97. The van der Waals surface area contributed by atoms with Crippen LogP contribution in [-0.4, -0.2) is 33.6 Å². The van der Waals surface area contributed by atoms with Gasteiger partial charge < -0.3 is 15.4 Å². The van der Waals surface area contributed by atoms with E-state index in [1.54, 1.807) is 18.2 Å². The number of carbonyl (C=O) groups excluding carboxylic acids is 1. The maximum atomic E-state index is 12.0. The molecule has 3 N–H and O–H groups in total. The Morgan fingerprint density at radius 3 is 2.75 bits per heavy atom. The van der Waals surface area contributed by atoms with Crippen molar-refractivity contribution in [3.63, 3.8) is 0 Å². The van der Waals surface area contributed by atoms with Crippen LogP contribution < -0.4 is 10.9 Å². The van der Waals surface area contributed by atoms with Crippen LogP contribution in [0.25, 0.3) is 10.9 Å². The normalized spacial score (nSPS) is 13.0. The number of para-hydroxylation sites is 1. The summed E-state index contributed by atoms with van der Waals surface area (Å²) in [5.41, 5.74) is 0.240. The molecule has 2 rings (SSSR count). The zero-order valence-corrected chi connectivity index (χ0v) is 14.4. The lowest BCUT2D eigenvalue weighted by Gasteiger charge is -2.25. The van der Waals surface area contributed by atoms with Crippen LogP contribution in [0.15, 0.2) is 29.1 Å². The Labute approximate surface area is 141 Å². The highest BCUT2D eigenvalue weighted by Crippen LogP contribution is 2.18. The summed E-state index contributed by atoms with van der Waals surface area (Å²) in [5, 5.41) is 13.2. The number of hydrogen-bond acceptors (Lipinski definition) is 4. The number of benzene rings is 1. The van der Waals surface area contributed by atoms with E-state index >= 15 is 0 Å². The second kappa shape index (κ2) is 7.57. The van der Waals surface area contributed by atoms with Crippen LogP contribution in [0.5, 0.6) is 0 Å². The van der Waals surface area contributed by atoms with Gasteiger partial charge in [-0.15, -0.1) is 0 Å². The lowest BCUT2D eigenvalue weighted by atomic mass is 9.89. The van der Waals surface area contributed by atoms with Crippen LogP contribution in [0, 0.1) is 5.41 Å². The summed E-state index contributed by atoms with van der Waals surface area (Å²) in [6.07, 6.45) is 0.849. The number of carbonyl (C=O) groups is 1. The lowest BCUT2D eigenvalue weighted by Crippen LogP contribution is -2.39. The Balaban J connectivity index is 1.84. The first-order valence-corrected chi connectivity index (χ1v) is 8.20. The number of amides is 1. The number of nitrogens with one attached hydrogen (secondary N) is 2. The third-order valence-corrected chi connectivity index (χ3v) is 3.97. The van der Waals surface area contributed by atoms with Crippen molar-refractivity contribution in [1.29, 1.82) is 0 Å². The minimum absolute atomic E-state index is 0.110. The van der Waals surface area contributed by atoms with Crippen molar-refractivity contribution in [3.8, 4) is 0 Å². The number of aliphatic hydroxyl groups is 1. The largest absolute Gasteiger partial charge is 0.391 e. The van der Waals surface area contributed by atoms with E-state index in [1.165, 1.54) is 0 Å². The van der Waals surface area contributed by atoms with Crippen LogP contribution in [0.1, 0.15) is 39.4 Å². The van der Waals surface area contributed by atoms with E-state index in [4.69, 9.17) is 0 Å². The lowest BCUT2D eigenvalue weighted by molar-refractivity contribution is -0.122. The van der Waals surface area contributed by atoms with E-state index in [9.17, 15) is 14.7 Å². The second-order valence-corrected chi connectivity index (χ2v) is 7.07. The Bertz CT molecular complexity index is 762. The molecule has 1 unspecified atom stereocenters. The van der Waals surface area contributed by atoms with Crippen molar-refractivity contribution in [1.82, 2.24) is 15.3 Å². The fourth-order valence-electron chi connectivity index (χ4n) is 2.27. The molecule has 6 heteroatoms. The quantitative estimate of drug-likeness (QED) is 0.752. The molecular weight excluding hydrogens is 306 g/mol. The standard InChI is InChI=1S/C18H25N3O3/c1-18(2,3)14(22)11-19-16(23)10-6-9-15-20-13-8-5-4-7-12(13)17(24)21-15/h4-5,7-8,14,22H,6,9-11H2,1-3H3,(H,19,23)(H,20,21,24). The van der Waals surface area contributed by atoms with Gasteiger partial charge in [0.25, 0.3) is 5.56 Å². The predicted octanol–water partition coefficient (Wildman–Crippen LogP) is 1.77. The summed E-state index contributed by atoms with van der Waals surface area (Å²) in [6, 6.07) is 7.18. The number of fused-ring (bicyclic) bond motifs is 1. The molecule has 0 aliphatic carbocycles. The molecular formula is C18H25N3O3. The number of rotatable bonds is 6. The Morgan fingerprint density at radius 2 is 2.04 bits per heavy atom. The van der Waals surface area contributed by atoms with E-state index in [0.717, 1.165) is 0 Å². The van der Waals surface area contributed by atoms with E-state index in [2.05, 4.69) is 15.3 Å². The molecule has 1 heterocycles. The minimum Gasteiger partial charge on any atom is -0.391 e. The summed E-state index contributed by atoms with van der Waals surface area (Å²) in [7, 11) is 0. The van der Waals surface area contributed by atoms with Crippen molar-refractivity contribution in [2.24, 2.45) is 5.41 Å². The topological polar surface area (TPSA) is 95.1 Å². The van der Waals surface area contributed by atoms with Gasteiger partial charge in [-0.05, 0) is 24.0 Å². The molecule has 0 bridgehead atoms. The fraction of sp³-hybridized carbons (Fsp3) is 0.500. The molecule has 0 aliphatic heterocycles. The molecule has 6 nitrogen and oxygen atoms in total. The van der Waals surface area contributed by atoms with Crippen LogP contribution >= 0.6 is 0 Å². The molecule has 0 saturated heterocycles. The van der Waals surface area contributed by atoms with Crippen molar-refractivity contribution < 1.29 is 9.90 Å². The molecule has 130 valence electrons. The zero-order chi connectivity index (χ0) is 17.7. The van der Waals surface area contributed by atoms with E-state index in [-0.39, 0.29) is 23.4 Å². The summed E-state index contributed by atoms with van der Waals surface area (Å²) in [5.74, 6) is 0.475. The first-order valence-electron chi connectivity index (χ1n) is 8.20. The van der Waals surface area contributed by atoms with Gasteiger partial charge in [0, 0.05) is 19.4 Å². The van der Waals surface area contributed by atoms with Gasteiger partial charge in [-0.25, -0.2) is 4.98 Å². The molecule has 1 aromatic carbocycles. The van der Waals surface area contributed by atoms with Gasteiger partial charge in [0.1, 0.15) is 5.82 Å². The molecule has 0 radical (unpaired) electrons. The van der Waals surface area contributed by atoms with Gasteiger partial charge in [-0.1, -0.05) is 32.9 Å². The number of aliphatic hydroxyl groups excluding tert-OH is 1. The zero-order valence-electron chi connectivity index (χ0n) is 14.4. The average Bonchev–Trinajstić information content (AvgIpc) is 2.51. The van der Waals surface area contributed by atoms with Crippen molar-refractivity contribution >= 4 is 16.8 Å². The molecule has 0 fully saturated rings. The average molecular weight is 331 g/mol. The third kappa shape index (κ3) is 4.89. The maximum Gasteiger partial charge on any atom is 0.258 e. The molecule has 1 aromatic heterocycles. The number of nitrogens with zero attached hydrogens (tertiary/aromatic N) is 1. The van der Waals surface area contributed by atoms with Crippen molar-refractivity contribution in [2.45, 2.75) is 46.1 Å². The molecule has 1 atom stereocenters. The second-order valence-electron chi connectivity index (χ2n) is 7.07. The highest BCUT2D eigenvalue weighted by atomic mass is 16.3. The number of H-pyrrole nitrogens is 1. The predicted molar refractivity (Wildman–Crippen MR) is 93.8 cm³/mol. The summed E-state index contributed by atoms with van der Waals surface area (Å²) >= 11 is 0. The van der Waals surface area contributed by atoms with Gasteiger partial charge in [0.15, 0.2) is 0 Å². The fourth-order valence-corrected chi connectivity index (χ4v) is 2.27. The first kappa shape index (κ1) is 18.1. The maximum absolute atomic E-state index is 12.0. The SMILES string of the molecule is CC(C)(C)C(O)CNC(=O)CCCc1nc2ccccc2c(=O)[nH]1. The van der Waals surface area contributed by atoms with Crippen LogP contribution in [0.3, 0.4) is 0 Å².